The summed E-state index contributed by atoms with van der Waals surface area (Å²) in [6.07, 6.45) is -1.95. The number of carbonyl (C=O) groups is 1. The van der Waals surface area contributed by atoms with Crippen molar-refractivity contribution in [1.29, 1.82) is 0 Å². The summed E-state index contributed by atoms with van der Waals surface area (Å²) in [5.41, 5.74) is 0. The molecular weight excluding hydrogens is 196 g/mol. The molecule has 1 heterocycles. The molecule has 1 aliphatic heterocycles. The van der Waals surface area contributed by atoms with Crippen LogP contribution in [0, 0.1) is 5.92 Å². The van der Waals surface area contributed by atoms with Crippen LogP contribution in [0.2, 0.25) is 0 Å². The second kappa shape index (κ2) is 3.78. The van der Waals surface area contributed by atoms with E-state index in [9.17, 15) is 18.7 Å². The van der Waals surface area contributed by atoms with Gasteiger partial charge in [-0.15, -0.1) is 0 Å². The van der Waals surface area contributed by atoms with Crippen molar-refractivity contribution >= 4 is 5.97 Å². The molecule has 4 nitrogen and oxygen atoms in total. The summed E-state index contributed by atoms with van der Waals surface area (Å²) in [4.78, 5) is 12.4. The third kappa shape index (κ3) is 2.01. The van der Waals surface area contributed by atoms with E-state index in [0.717, 1.165) is 7.11 Å². The Kier molecular flexibility index (Phi) is 3.06. The standard InChI is InChI=1S/C8H13F2NO3/c1-11-3-5(7(13)14-2)6(12)8(9,10)4-11/h5-6,12H,3-4H2,1-2H3. The van der Waals surface area contributed by atoms with Gasteiger partial charge in [0.05, 0.1) is 13.7 Å². The first-order valence-electron chi connectivity index (χ1n) is 4.20. The van der Waals surface area contributed by atoms with E-state index in [0.29, 0.717) is 0 Å². The molecule has 1 aliphatic rings. The average Bonchev–Trinajstić information content (AvgIpc) is 2.09. The van der Waals surface area contributed by atoms with E-state index in [1.165, 1.54) is 11.9 Å². The second-order valence-electron chi connectivity index (χ2n) is 3.53. The van der Waals surface area contributed by atoms with Gasteiger partial charge < -0.3 is 9.84 Å². The minimum Gasteiger partial charge on any atom is -0.469 e. The number of rotatable bonds is 1. The molecule has 0 spiro atoms. The molecule has 1 saturated heterocycles. The first-order valence-corrected chi connectivity index (χ1v) is 4.20. The van der Waals surface area contributed by atoms with Gasteiger partial charge in [0.1, 0.15) is 12.0 Å². The fourth-order valence-corrected chi connectivity index (χ4v) is 1.60. The molecule has 82 valence electrons. The smallest absolute Gasteiger partial charge is 0.312 e. The highest BCUT2D eigenvalue weighted by molar-refractivity contribution is 5.73. The van der Waals surface area contributed by atoms with E-state index in [2.05, 4.69) is 4.74 Å². The third-order valence-electron chi connectivity index (χ3n) is 2.31. The van der Waals surface area contributed by atoms with Crippen LogP contribution in [0.4, 0.5) is 8.78 Å². The van der Waals surface area contributed by atoms with E-state index in [1.807, 2.05) is 0 Å². The van der Waals surface area contributed by atoms with Crippen molar-refractivity contribution in [2.45, 2.75) is 12.0 Å². The Hall–Kier alpha value is -0.750. The van der Waals surface area contributed by atoms with Crippen LogP contribution < -0.4 is 0 Å². The van der Waals surface area contributed by atoms with Crippen LogP contribution in [-0.4, -0.2) is 55.2 Å². The number of hydrogen-bond donors (Lipinski definition) is 1. The number of aliphatic hydroxyl groups is 1. The molecule has 14 heavy (non-hydrogen) atoms. The number of aliphatic hydroxyl groups excluding tert-OH is 1. The van der Waals surface area contributed by atoms with Crippen LogP contribution in [-0.2, 0) is 9.53 Å². The van der Waals surface area contributed by atoms with Crippen molar-refractivity contribution in [2.75, 3.05) is 27.2 Å². The number of carbonyl (C=O) groups excluding carboxylic acids is 1. The highest BCUT2D eigenvalue weighted by atomic mass is 19.3. The molecular formula is C8H13F2NO3. The Morgan fingerprint density at radius 3 is 2.71 bits per heavy atom. The van der Waals surface area contributed by atoms with Crippen LogP contribution >= 0.6 is 0 Å². The quantitative estimate of drug-likeness (QED) is 0.603. The van der Waals surface area contributed by atoms with Crippen molar-refractivity contribution in [3.05, 3.63) is 0 Å². The maximum atomic E-state index is 13.1. The molecule has 0 aromatic rings. The van der Waals surface area contributed by atoms with Crippen molar-refractivity contribution in [1.82, 2.24) is 4.90 Å². The van der Waals surface area contributed by atoms with Crippen LogP contribution in [0.15, 0.2) is 0 Å². The monoisotopic (exact) mass is 209 g/mol. The number of hydrogen-bond acceptors (Lipinski definition) is 4. The van der Waals surface area contributed by atoms with Gasteiger partial charge in [0.15, 0.2) is 0 Å². The van der Waals surface area contributed by atoms with Gasteiger partial charge in [-0.3, -0.25) is 9.69 Å². The Morgan fingerprint density at radius 2 is 2.21 bits per heavy atom. The first kappa shape index (κ1) is 11.3. The Labute approximate surface area is 80.4 Å². The number of esters is 1. The van der Waals surface area contributed by atoms with Crippen molar-refractivity contribution in [2.24, 2.45) is 5.92 Å². The number of halogens is 2. The lowest BCUT2D eigenvalue weighted by Crippen LogP contribution is -2.57. The molecule has 0 saturated carbocycles. The number of ether oxygens (including phenoxy) is 1. The fraction of sp³-hybridized carbons (Fsp3) is 0.875. The lowest BCUT2D eigenvalue weighted by atomic mass is 9.92. The molecule has 0 bridgehead atoms. The maximum Gasteiger partial charge on any atom is 0.312 e. The molecule has 0 radical (unpaired) electrons. The summed E-state index contributed by atoms with van der Waals surface area (Å²) in [6, 6.07) is 0. The summed E-state index contributed by atoms with van der Waals surface area (Å²) in [6.45, 7) is -0.453. The lowest BCUT2D eigenvalue weighted by Gasteiger charge is -2.37. The summed E-state index contributed by atoms with van der Waals surface area (Å²) < 4.78 is 30.5. The molecule has 1 rings (SSSR count). The summed E-state index contributed by atoms with van der Waals surface area (Å²) >= 11 is 0. The minimum absolute atomic E-state index is 0.0867. The molecule has 0 aromatic carbocycles. The van der Waals surface area contributed by atoms with Crippen LogP contribution in [0.3, 0.4) is 0 Å². The molecule has 6 heteroatoms. The summed E-state index contributed by atoms with van der Waals surface area (Å²) in [5, 5.41) is 9.24. The number of methoxy groups -OCH3 is 1. The molecule has 0 aromatic heterocycles. The largest absolute Gasteiger partial charge is 0.469 e. The average molecular weight is 209 g/mol. The summed E-state index contributed by atoms with van der Waals surface area (Å²) in [7, 11) is 2.58. The zero-order valence-corrected chi connectivity index (χ0v) is 8.04. The predicted molar refractivity (Wildman–Crippen MR) is 44.0 cm³/mol. The van der Waals surface area contributed by atoms with Crippen LogP contribution in [0.25, 0.3) is 0 Å². The first-order chi connectivity index (χ1) is 6.38. The maximum absolute atomic E-state index is 13.1. The number of alkyl halides is 2. The second-order valence-corrected chi connectivity index (χ2v) is 3.53. The summed E-state index contributed by atoms with van der Waals surface area (Å²) in [5.74, 6) is -5.23. The van der Waals surface area contributed by atoms with E-state index in [4.69, 9.17) is 0 Å². The van der Waals surface area contributed by atoms with Gasteiger partial charge in [-0.25, -0.2) is 8.78 Å². The van der Waals surface area contributed by atoms with E-state index >= 15 is 0 Å². The van der Waals surface area contributed by atoms with E-state index in [1.54, 1.807) is 0 Å². The van der Waals surface area contributed by atoms with Crippen LogP contribution in [0.1, 0.15) is 0 Å². The van der Waals surface area contributed by atoms with Gasteiger partial charge in [0.2, 0.25) is 0 Å². The van der Waals surface area contributed by atoms with E-state index in [-0.39, 0.29) is 6.54 Å². The van der Waals surface area contributed by atoms with Crippen molar-refractivity contribution in [3.8, 4) is 0 Å². The Bertz CT molecular complexity index is 235. The topological polar surface area (TPSA) is 49.8 Å². The Balaban J connectivity index is 2.80. The van der Waals surface area contributed by atoms with Gasteiger partial charge in [0, 0.05) is 6.54 Å². The molecule has 0 amide bonds. The molecule has 1 fully saturated rings. The molecule has 2 atom stereocenters. The third-order valence-corrected chi connectivity index (χ3v) is 2.31. The molecule has 0 aliphatic carbocycles. The molecule has 1 N–H and O–H groups in total. The molecule has 2 unspecified atom stereocenters. The van der Waals surface area contributed by atoms with Crippen molar-refractivity contribution in [3.63, 3.8) is 0 Å². The lowest BCUT2D eigenvalue weighted by molar-refractivity contribution is -0.189. The normalized spacial score (nSPS) is 32.6. The zero-order valence-electron chi connectivity index (χ0n) is 8.04. The van der Waals surface area contributed by atoms with Gasteiger partial charge in [-0.1, -0.05) is 0 Å². The number of nitrogens with zero attached hydrogens (tertiary/aromatic N) is 1. The highest BCUT2D eigenvalue weighted by Crippen LogP contribution is 2.30. The van der Waals surface area contributed by atoms with Crippen LogP contribution in [0.5, 0.6) is 0 Å². The van der Waals surface area contributed by atoms with Gasteiger partial charge >= 0.3 is 5.97 Å². The van der Waals surface area contributed by atoms with Gasteiger partial charge in [-0.05, 0) is 7.05 Å². The zero-order chi connectivity index (χ0) is 10.9. The van der Waals surface area contributed by atoms with Gasteiger partial charge in [-0.2, -0.15) is 0 Å². The predicted octanol–water partition coefficient (Wildman–Crippen LogP) is -0.283. The number of likely N-dealkylation sites (tertiary alicyclic amines) is 1. The van der Waals surface area contributed by atoms with E-state index < -0.39 is 30.5 Å². The van der Waals surface area contributed by atoms with Gasteiger partial charge in [0.25, 0.3) is 5.92 Å². The minimum atomic E-state index is -3.26. The highest BCUT2D eigenvalue weighted by Gasteiger charge is 2.51. The number of piperidine rings is 1. The SMILES string of the molecule is COC(=O)C1CN(C)CC(F)(F)C1O. The Morgan fingerprint density at radius 1 is 1.64 bits per heavy atom. The van der Waals surface area contributed by atoms with Crippen molar-refractivity contribution < 1.29 is 23.4 Å². The fourth-order valence-electron chi connectivity index (χ4n) is 1.60.